The molecule has 0 aliphatic carbocycles. The van der Waals surface area contributed by atoms with Crippen LogP contribution in [-0.4, -0.2) is 100.0 Å². The van der Waals surface area contributed by atoms with Crippen LogP contribution in [-0.2, 0) is 78.0 Å². The van der Waals surface area contributed by atoms with E-state index in [-0.39, 0.29) is 48.0 Å². The SMILES string of the molecule is C/C=C\C[C@H]1O[C@@](C)(CCOCc2ccccc2)[C@H](OCc2ccccc2)[C@H](OCc2ccccc2)[C@]1(C)OC(=O)CC[C@]1(C)O[C@@H]2C[C@@H]3O[Si](C(C)(C)C)(C(C)(C)C)OC[C@H]3O[C@@]2(C)C[C@H]1OCc1ccc(OC)cc1. The predicted octanol–water partition coefficient (Wildman–Crippen LogP) is 13.1. The van der Waals surface area contributed by atoms with E-state index in [1.54, 1.807) is 7.11 Å². The number of benzene rings is 4. The molecule has 420 valence electrons. The Morgan fingerprint density at radius 3 is 1.79 bits per heavy atom. The van der Waals surface area contributed by atoms with Crippen molar-refractivity contribution in [2.45, 2.75) is 216 Å². The summed E-state index contributed by atoms with van der Waals surface area (Å²) < 4.78 is 75.8. The molecule has 4 fully saturated rings. The standard InChI is InChI=1S/C64H88O12Si/c1-13-14-30-53-64(11,58(70-44-48-28-22-17-23-29-48)57(69-43-47-26-20-16-21-27-47)62(9,73-53)37-38-67-41-46-24-18-15-19-25-46)75-56(65)35-36-61(8)55(68-42-49-31-33-50(66-12)34-32-49)40-63(10)54(74-61)39-51-52(72-63)45-71-77(76-51,59(2,3)4)60(5,6)7/h13-29,31-34,51-55,57-58H,30,35-45H2,1-12H3/b14-13-/t51-,52+,53+,54+,55+,57+,58-,61-,62-,63-,64+/m0/s1. The van der Waals surface area contributed by atoms with E-state index in [1.807, 2.05) is 123 Å². The van der Waals surface area contributed by atoms with Crippen molar-refractivity contribution >= 4 is 14.5 Å². The second-order valence-corrected chi connectivity index (χ2v) is 29.4. The lowest BCUT2D eigenvalue weighted by Crippen LogP contribution is -2.72. The van der Waals surface area contributed by atoms with Crippen molar-refractivity contribution < 1.29 is 56.3 Å². The second kappa shape index (κ2) is 24.6. The molecule has 0 amide bonds. The van der Waals surface area contributed by atoms with Gasteiger partial charge in [0.1, 0.15) is 30.2 Å². The number of carbonyl (C=O) groups excluding carboxylic acids is 1. The van der Waals surface area contributed by atoms with Crippen molar-refractivity contribution in [1.82, 2.24) is 0 Å². The number of ether oxygens (including phenoxy) is 9. The summed E-state index contributed by atoms with van der Waals surface area (Å²) in [5, 5.41) is -0.388. The monoisotopic (exact) mass is 1080 g/mol. The number of fused-ring (bicyclic) bond motifs is 2. The molecule has 0 aromatic heterocycles. The summed E-state index contributed by atoms with van der Waals surface area (Å²) in [6, 6.07) is 38.2. The summed E-state index contributed by atoms with van der Waals surface area (Å²) in [5.74, 6) is 0.363. The number of allylic oxidation sites excluding steroid dienone is 1. The van der Waals surface area contributed by atoms with Crippen molar-refractivity contribution in [3.63, 3.8) is 0 Å². The van der Waals surface area contributed by atoms with Crippen LogP contribution in [0, 0.1) is 0 Å². The van der Waals surface area contributed by atoms with Gasteiger partial charge in [0.25, 0.3) is 0 Å². The molecule has 0 radical (unpaired) electrons. The molecule has 12 nitrogen and oxygen atoms in total. The van der Waals surface area contributed by atoms with Gasteiger partial charge in [-0.1, -0.05) is 157 Å². The molecule has 4 saturated heterocycles. The van der Waals surface area contributed by atoms with Gasteiger partial charge in [0.05, 0.1) is 75.3 Å². The molecule has 0 spiro atoms. The second-order valence-electron chi connectivity index (χ2n) is 24.7. The van der Waals surface area contributed by atoms with E-state index < -0.39 is 61.4 Å². The maximum atomic E-state index is 15.1. The Kier molecular flexibility index (Phi) is 18.8. The maximum absolute atomic E-state index is 15.1. The third-order valence-electron chi connectivity index (χ3n) is 16.6. The van der Waals surface area contributed by atoms with Crippen LogP contribution in [0.5, 0.6) is 5.75 Å². The van der Waals surface area contributed by atoms with Crippen molar-refractivity contribution in [2.24, 2.45) is 0 Å². The third kappa shape index (κ3) is 13.5. The van der Waals surface area contributed by atoms with Gasteiger partial charge in [0, 0.05) is 42.4 Å². The van der Waals surface area contributed by atoms with E-state index in [2.05, 4.69) is 80.5 Å². The zero-order chi connectivity index (χ0) is 55.1. The molecule has 4 aromatic rings. The molecule has 77 heavy (non-hydrogen) atoms. The summed E-state index contributed by atoms with van der Waals surface area (Å²) in [7, 11) is -1.16. The minimum Gasteiger partial charge on any atom is -0.497 e. The first kappa shape index (κ1) is 58.9. The van der Waals surface area contributed by atoms with E-state index in [0.717, 1.165) is 28.0 Å². The molecule has 0 N–H and O–H groups in total. The van der Waals surface area contributed by atoms with Crippen molar-refractivity contribution in [3.8, 4) is 5.75 Å². The predicted molar refractivity (Wildman–Crippen MR) is 301 cm³/mol. The van der Waals surface area contributed by atoms with Gasteiger partial charge in [-0.05, 0) is 81.8 Å². The Bertz CT molecular complexity index is 2500. The van der Waals surface area contributed by atoms with E-state index in [1.165, 1.54) is 0 Å². The summed E-state index contributed by atoms with van der Waals surface area (Å²) in [5.41, 5.74) is 0.163. The van der Waals surface area contributed by atoms with Crippen LogP contribution < -0.4 is 4.74 Å². The first-order valence-electron chi connectivity index (χ1n) is 28.0. The van der Waals surface area contributed by atoms with Gasteiger partial charge in [0.15, 0.2) is 5.60 Å². The van der Waals surface area contributed by atoms with Gasteiger partial charge in [-0.2, -0.15) is 0 Å². The molecule has 8 rings (SSSR count). The molecule has 4 aliphatic heterocycles. The van der Waals surface area contributed by atoms with Crippen LogP contribution in [0.4, 0.5) is 0 Å². The topological polar surface area (TPSA) is 119 Å². The maximum Gasteiger partial charge on any atom is 0.349 e. The molecule has 4 aromatic carbocycles. The molecule has 0 unspecified atom stereocenters. The molecular formula is C64H88O12Si. The fourth-order valence-corrected chi connectivity index (χ4v) is 17.3. The quantitative estimate of drug-likeness (QED) is 0.0342. The molecular weight excluding hydrogens is 989 g/mol. The largest absolute Gasteiger partial charge is 0.497 e. The lowest BCUT2D eigenvalue weighted by molar-refractivity contribution is -0.327. The first-order valence-corrected chi connectivity index (χ1v) is 29.8. The lowest BCUT2D eigenvalue weighted by Gasteiger charge is -2.61. The van der Waals surface area contributed by atoms with Crippen molar-refractivity contribution in [1.29, 1.82) is 0 Å². The van der Waals surface area contributed by atoms with E-state index >= 15 is 4.79 Å². The van der Waals surface area contributed by atoms with Crippen LogP contribution in [0.1, 0.15) is 137 Å². The first-order chi connectivity index (χ1) is 36.6. The molecule has 0 saturated carbocycles. The third-order valence-corrected chi connectivity index (χ3v) is 21.8. The fourth-order valence-electron chi connectivity index (χ4n) is 12.3. The smallest absolute Gasteiger partial charge is 0.349 e. The number of carbonyl (C=O) groups is 1. The lowest BCUT2D eigenvalue weighted by atomic mass is 9.75. The zero-order valence-electron chi connectivity index (χ0n) is 48.1. The highest BCUT2D eigenvalue weighted by molar-refractivity contribution is 6.73. The highest BCUT2D eigenvalue weighted by atomic mass is 28.4. The van der Waals surface area contributed by atoms with Crippen LogP contribution in [0.15, 0.2) is 127 Å². The van der Waals surface area contributed by atoms with Crippen molar-refractivity contribution in [2.75, 3.05) is 20.3 Å². The Hall–Kier alpha value is -4.25. The summed E-state index contributed by atoms with van der Waals surface area (Å²) in [6.07, 6.45) is 3.14. The summed E-state index contributed by atoms with van der Waals surface area (Å²) in [6.45, 7) is 25.8. The number of methoxy groups -OCH3 is 1. The van der Waals surface area contributed by atoms with Gasteiger partial charge >= 0.3 is 14.5 Å². The summed E-state index contributed by atoms with van der Waals surface area (Å²) in [4.78, 5) is 15.1. The summed E-state index contributed by atoms with van der Waals surface area (Å²) >= 11 is 0. The number of esters is 1. The minimum atomic E-state index is -2.81. The highest BCUT2D eigenvalue weighted by Gasteiger charge is 2.66. The van der Waals surface area contributed by atoms with Gasteiger partial charge in [0.2, 0.25) is 0 Å². The van der Waals surface area contributed by atoms with Crippen LogP contribution in [0.2, 0.25) is 10.1 Å². The minimum absolute atomic E-state index is 0.0289. The fraction of sp³-hybridized carbons (Fsp3) is 0.578. The van der Waals surface area contributed by atoms with Crippen LogP contribution in [0.25, 0.3) is 0 Å². The average molecular weight is 1080 g/mol. The average Bonchev–Trinajstić information content (AvgIpc) is 3.45. The van der Waals surface area contributed by atoms with E-state index in [9.17, 15) is 0 Å². The van der Waals surface area contributed by atoms with Gasteiger partial charge < -0.3 is 51.5 Å². The highest BCUT2D eigenvalue weighted by Crippen LogP contribution is 2.57. The van der Waals surface area contributed by atoms with Crippen LogP contribution in [0.3, 0.4) is 0 Å². The Morgan fingerprint density at radius 1 is 0.662 bits per heavy atom. The molecule has 4 aliphatic rings. The van der Waals surface area contributed by atoms with Gasteiger partial charge in [-0.3, -0.25) is 4.79 Å². The molecule has 4 heterocycles. The van der Waals surface area contributed by atoms with Gasteiger partial charge in [-0.25, -0.2) is 0 Å². The van der Waals surface area contributed by atoms with E-state index in [0.29, 0.717) is 58.5 Å². The molecule has 11 atom stereocenters. The van der Waals surface area contributed by atoms with E-state index in [4.69, 9.17) is 51.5 Å². The number of hydrogen-bond acceptors (Lipinski definition) is 12. The number of hydrogen-bond donors (Lipinski definition) is 0. The van der Waals surface area contributed by atoms with Crippen molar-refractivity contribution in [3.05, 3.63) is 150 Å². The van der Waals surface area contributed by atoms with Crippen LogP contribution >= 0.6 is 0 Å². The Labute approximate surface area is 461 Å². The van der Waals surface area contributed by atoms with Gasteiger partial charge in [-0.15, -0.1) is 0 Å². The zero-order valence-corrected chi connectivity index (χ0v) is 49.1. The molecule has 13 heteroatoms. The molecule has 0 bridgehead atoms. The Balaban J connectivity index is 1.08. The number of rotatable bonds is 21. The normalized spacial score (nSPS) is 31.3. The Morgan fingerprint density at radius 2 is 1.22 bits per heavy atom.